The van der Waals surface area contributed by atoms with Crippen LogP contribution in [-0.2, 0) is 22.4 Å². The van der Waals surface area contributed by atoms with E-state index in [4.69, 9.17) is 5.73 Å². The fourth-order valence-corrected chi connectivity index (χ4v) is 1.02. The minimum Gasteiger partial charge on any atom is -0.391 e. The van der Waals surface area contributed by atoms with E-state index in [0.29, 0.717) is 0 Å². The summed E-state index contributed by atoms with van der Waals surface area (Å²) in [7, 11) is 0. The maximum Gasteiger partial charge on any atom is 0.101 e. The van der Waals surface area contributed by atoms with Gasteiger partial charge in [0.15, 0.2) is 0 Å². The first-order chi connectivity index (χ1) is 3.29. The van der Waals surface area contributed by atoms with E-state index >= 15 is 0 Å². The molecule has 0 aromatic heterocycles. The quantitative estimate of drug-likeness (QED) is 0.319. The van der Waals surface area contributed by atoms with Crippen molar-refractivity contribution in [2.45, 2.75) is 0 Å². The number of hydrogen-bond acceptors (Lipinski definition) is 5. The predicted molar refractivity (Wildman–Crippen MR) is 33.8 cm³/mol. The third kappa shape index (κ3) is 2.34. The summed E-state index contributed by atoms with van der Waals surface area (Å²) in [6, 6.07) is 0. The Balaban J connectivity index is 0.000000490. The maximum absolute atomic E-state index is 5.30. The minimum absolute atomic E-state index is 0. The van der Waals surface area contributed by atoms with Crippen molar-refractivity contribution < 1.29 is 22.4 Å². The van der Waals surface area contributed by atoms with Gasteiger partial charge in [-0.05, 0) is 0 Å². The average Bonchev–Trinajstić information content (AvgIpc) is 1.87. The molecule has 51 valence electrons. The van der Waals surface area contributed by atoms with Crippen LogP contribution < -0.4 is 11.2 Å². The SMILES string of the molecule is NC1=CNN(S)S1.[Ag]. The predicted octanol–water partition coefficient (Wildman–Crippen LogP) is 0.0547. The molecule has 0 amide bonds. The van der Waals surface area contributed by atoms with Crippen LogP contribution in [0.2, 0.25) is 0 Å². The Kier molecular flexibility index (Phi) is 4.05. The van der Waals surface area contributed by atoms with Gasteiger partial charge in [-0.3, -0.25) is 0 Å². The minimum atomic E-state index is 0. The molecular weight excluding hydrogens is 238 g/mol. The molecule has 1 aliphatic heterocycles. The van der Waals surface area contributed by atoms with Gasteiger partial charge in [0.25, 0.3) is 0 Å². The monoisotopic (exact) mass is 242 g/mol. The Bertz CT molecular complexity index is 105. The van der Waals surface area contributed by atoms with Gasteiger partial charge < -0.3 is 11.2 Å². The molecule has 0 aromatic rings. The second-order valence-corrected chi connectivity index (χ2v) is 2.73. The van der Waals surface area contributed by atoms with Crippen molar-refractivity contribution in [1.82, 2.24) is 9.25 Å². The van der Waals surface area contributed by atoms with Gasteiger partial charge >= 0.3 is 0 Å². The van der Waals surface area contributed by atoms with Crippen LogP contribution in [0.3, 0.4) is 0 Å². The van der Waals surface area contributed by atoms with Crippen molar-refractivity contribution in [2.75, 3.05) is 0 Å². The summed E-state index contributed by atoms with van der Waals surface area (Å²) in [5.74, 6) is 0. The van der Waals surface area contributed by atoms with Crippen LogP contribution in [-0.4, -0.2) is 3.82 Å². The standard InChI is InChI=1S/C2H5N3S2.Ag/c3-2-1-4-5(6)7-2;/h1,4,6H,3H2;. The molecule has 1 rings (SSSR count). The van der Waals surface area contributed by atoms with Crippen molar-refractivity contribution in [3.05, 3.63) is 11.2 Å². The van der Waals surface area contributed by atoms with E-state index in [9.17, 15) is 0 Å². The van der Waals surface area contributed by atoms with Crippen LogP contribution >= 0.6 is 24.8 Å². The van der Waals surface area contributed by atoms with Gasteiger partial charge in [0.1, 0.15) is 5.03 Å². The van der Waals surface area contributed by atoms with Crippen LogP contribution in [0.5, 0.6) is 0 Å². The number of hydrogen-bond donors (Lipinski definition) is 3. The molecule has 0 fully saturated rings. The largest absolute Gasteiger partial charge is 0.391 e. The third-order valence-corrected chi connectivity index (χ3v) is 1.48. The fraction of sp³-hybridized carbons (Fsp3) is 0. The van der Waals surface area contributed by atoms with E-state index in [1.165, 1.54) is 15.8 Å². The summed E-state index contributed by atoms with van der Waals surface area (Å²) < 4.78 is 1.52. The van der Waals surface area contributed by atoms with E-state index < -0.39 is 0 Å². The second kappa shape index (κ2) is 3.71. The molecule has 3 nitrogen and oxygen atoms in total. The maximum atomic E-state index is 5.30. The van der Waals surface area contributed by atoms with Crippen LogP contribution in [0.15, 0.2) is 11.2 Å². The zero-order chi connectivity index (χ0) is 5.28. The van der Waals surface area contributed by atoms with Crippen LogP contribution in [0.1, 0.15) is 0 Å². The van der Waals surface area contributed by atoms with E-state index in [0.717, 1.165) is 5.03 Å². The third-order valence-electron chi connectivity index (χ3n) is 0.509. The summed E-state index contributed by atoms with van der Waals surface area (Å²) in [6.07, 6.45) is 1.68. The molecule has 0 aliphatic carbocycles. The van der Waals surface area contributed by atoms with E-state index in [1.54, 1.807) is 6.20 Å². The summed E-state index contributed by atoms with van der Waals surface area (Å²) in [6.45, 7) is 0. The number of nitrogens with zero attached hydrogens (tertiary/aromatic N) is 1. The number of hydrazine groups is 1. The first-order valence-corrected chi connectivity index (χ1v) is 2.85. The fourth-order valence-electron chi connectivity index (χ4n) is 0.271. The molecule has 1 aliphatic rings. The molecule has 6 heteroatoms. The molecule has 3 N–H and O–H groups in total. The Morgan fingerprint density at radius 2 is 2.50 bits per heavy atom. The average molecular weight is 243 g/mol. The zero-order valence-electron chi connectivity index (χ0n) is 3.76. The van der Waals surface area contributed by atoms with Gasteiger partial charge in [-0.15, -0.1) is 3.82 Å². The second-order valence-electron chi connectivity index (χ2n) is 1.04. The van der Waals surface area contributed by atoms with Crippen molar-refractivity contribution in [3.63, 3.8) is 0 Å². The Hall–Kier alpha value is 0.740. The Labute approximate surface area is 73.2 Å². The molecule has 0 unspecified atom stereocenters. The number of nitrogens with one attached hydrogen (secondary N) is 1. The number of thiol groups is 1. The van der Waals surface area contributed by atoms with Crippen molar-refractivity contribution in [2.24, 2.45) is 5.73 Å². The van der Waals surface area contributed by atoms with Crippen LogP contribution in [0.25, 0.3) is 0 Å². The zero-order valence-corrected chi connectivity index (χ0v) is 6.95. The van der Waals surface area contributed by atoms with E-state index in [1.807, 2.05) is 0 Å². The first-order valence-electron chi connectivity index (χ1n) is 1.68. The van der Waals surface area contributed by atoms with Gasteiger partial charge in [-0.2, -0.15) is 0 Å². The van der Waals surface area contributed by atoms with E-state index in [-0.39, 0.29) is 22.4 Å². The van der Waals surface area contributed by atoms with Gasteiger partial charge in [0.05, 0.1) is 0 Å². The van der Waals surface area contributed by atoms with Gasteiger partial charge in [0, 0.05) is 40.5 Å². The van der Waals surface area contributed by atoms with Crippen LogP contribution in [0, 0.1) is 0 Å². The molecule has 8 heavy (non-hydrogen) atoms. The van der Waals surface area contributed by atoms with Gasteiger partial charge in [-0.1, -0.05) is 12.8 Å². The molecular formula is C2H5AgN3S2. The van der Waals surface area contributed by atoms with Crippen molar-refractivity contribution in [1.29, 1.82) is 0 Å². The molecule has 0 saturated carbocycles. The number of nitrogens with two attached hydrogens (primary N) is 1. The molecule has 0 saturated heterocycles. The summed E-state index contributed by atoms with van der Waals surface area (Å²) in [4.78, 5) is 0. The Morgan fingerprint density at radius 1 is 1.88 bits per heavy atom. The normalized spacial score (nSPS) is 18.9. The summed E-state index contributed by atoms with van der Waals surface area (Å²) >= 11 is 5.25. The molecule has 0 bridgehead atoms. The number of rotatable bonds is 0. The van der Waals surface area contributed by atoms with Gasteiger partial charge in [0.2, 0.25) is 0 Å². The Morgan fingerprint density at radius 3 is 2.62 bits per heavy atom. The molecule has 1 radical (unpaired) electrons. The van der Waals surface area contributed by atoms with E-state index in [2.05, 4.69) is 18.2 Å². The van der Waals surface area contributed by atoms with Crippen molar-refractivity contribution in [3.8, 4) is 0 Å². The molecule has 0 aromatic carbocycles. The summed E-state index contributed by atoms with van der Waals surface area (Å²) in [5.41, 5.74) is 8.04. The van der Waals surface area contributed by atoms with Gasteiger partial charge in [-0.25, -0.2) is 0 Å². The first kappa shape index (κ1) is 8.74. The van der Waals surface area contributed by atoms with Crippen molar-refractivity contribution >= 4 is 24.8 Å². The molecule has 0 spiro atoms. The topological polar surface area (TPSA) is 41.3 Å². The smallest absolute Gasteiger partial charge is 0.101 e. The van der Waals surface area contributed by atoms with Crippen LogP contribution in [0.4, 0.5) is 0 Å². The summed E-state index contributed by atoms with van der Waals surface area (Å²) in [5, 5.41) is 0.731. The molecule has 0 atom stereocenters. The molecule has 1 heterocycles.